The predicted octanol–water partition coefficient (Wildman–Crippen LogP) is 4.62. The summed E-state index contributed by atoms with van der Waals surface area (Å²) in [5, 5.41) is 2.96. The summed E-state index contributed by atoms with van der Waals surface area (Å²) in [5.74, 6) is -0.0538. The topological polar surface area (TPSA) is 32.3 Å². The van der Waals surface area contributed by atoms with Crippen LogP contribution >= 0.6 is 0 Å². The number of amides is 1. The lowest BCUT2D eigenvalue weighted by molar-refractivity contribution is 0.102. The van der Waals surface area contributed by atoms with E-state index in [0.29, 0.717) is 5.56 Å². The number of hydrogen-bond donors (Lipinski definition) is 1. The van der Waals surface area contributed by atoms with E-state index in [-0.39, 0.29) is 5.91 Å². The fourth-order valence-electron chi connectivity index (χ4n) is 3.24. The normalized spacial score (nSPS) is 15.7. The summed E-state index contributed by atoms with van der Waals surface area (Å²) >= 11 is 0. The van der Waals surface area contributed by atoms with Crippen molar-refractivity contribution in [1.82, 2.24) is 4.90 Å². The van der Waals surface area contributed by atoms with Gasteiger partial charge in [-0.3, -0.25) is 9.69 Å². The molecule has 0 unspecified atom stereocenters. The maximum Gasteiger partial charge on any atom is 0.255 e. The summed E-state index contributed by atoms with van der Waals surface area (Å²) < 4.78 is 0. The van der Waals surface area contributed by atoms with E-state index in [2.05, 4.69) is 22.3 Å². The minimum Gasteiger partial charge on any atom is -0.322 e. The standard InChI is InChI=1S/C21H26N2O/c1-17-7-6-8-20(15-17)22-21(24)19-11-9-18(10-12-19)16-23-13-4-2-3-5-14-23/h6-12,15H,2-5,13-14,16H2,1H3,(H,22,24). The molecular weight excluding hydrogens is 296 g/mol. The summed E-state index contributed by atoms with van der Waals surface area (Å²) in [7, 11) is 0. The Morgan fingerprint density at radius 3 is 2.38 bits per heavy atom. The summed E-state index contributed by atoms with van der Waals surface area (Å²) in [6, 6.07) is 15.9. The van der Waals surface area contributed by atoms with E-state index in [1.807, 2.05) is 43.3 Å². The number of likely N-dealkylation sites (tertiary alicyclic amines) is 1. The average molecular weight is 322 g/mol. The van der Waals surface area contributed by atoms with Crippen LogP contribution in [-0.2, 0) is 6.54 Å². The lowest BCUT2D eigenvalue weighted by Gasteiger charge is -2.19. The first kappa shape index (κ1) is 16.7. The number of benzene rings is 2. The Balaban J connectivity index is 1.60. The van der Waals surface area contributed by atoms with Crippen molar-refractivity contribution >= 4 is 11.6 Å². The minimum absolute atomic E-state index is 0.0538. The highest BCUT2D eigenvalue weighted by molar-refractivity contribution is 6.04. The van der Waals surface area contributed by atoms with Crippen LogP contribution in [0.3, 0.4) is 0 Å². The van der Waals surface area contributed by atoms with Gasteiger partial charge in [0.05, 0.1) is 0 Å². The third-order valence-corrected chi connectivity index (χ3v) is 4.60. The third kappa shape index (κ3) is 4.68. The Bertz CT molecular complexity index is 670. The smallest absolute Gasteiger partial charge is 0.255 e. The van der Waals surface area contributed by atoms with Gasteiger partial charge in [0.2, 0.25) is 0 Å². The van der Waals surface area contributed by atoms with Gasteiger partial charge in [-0.25, -0.2) is 0 Å². The molecular formula is C21H26N2O. The van der Waals surface area contributed by atoms with Gasteiger partial charge in [0, 0.05) is 17.8 Å². The zero-order valence-electron chi connectivity index (χ0n) is 14.4. The molecule has 126 valence electrons. The number of nitrogens with one attached hydrogen (secondary N) is 1. The molecule has 1 aliphatic rings. The number of carbonyl (C=O) groups is 1. The van der Waals surface area contributed by atoms with Crippen molar-refractivity contribution in [2.75, 3.05) is 18.4 Å². The molecule has 3 nitrogen and oxygen atoms in total. The summed E-state index contributed by atoms with van der Waals surface area (Å²) in [4.78, 5) is 14.9. The molecule has 0 saturated carbocycles. The van der Waals surface area contributed by atoms with Gasteiger partial charge in [0.15, 0.2) is 0 Å². The SMILES string of the molecule is Cc1cccc(NC(=O)c2ccc(CN3CCCCCC3)cc2)c1. The predicted molar refractivity (Wildman–Crippen MR) is 99.3 cm³/mol. The van der Waals surface area contributed by atoms with Crippen LogP contribution in [0.4, 0.5) is 5.69 Å². The molecule has 0 bridgehead atoms. The molecule has 24 heavy (non-hydrogen) atoms. The molecule has 0 radical (unpaired) electrons. The second-order valence-corrected chi connectivity index (χ2v) is 6.71. The van der Waals surface area contributed by atoms with Crippen LogP contribution in [0.5, 0.6) is 0 Å². The van der Waals surface area contributed by atoms with Crippen LogP contribution in [0.15, 0.2) is 48.5 Å². The highest BCUT2D eigenvalue weighted by atomic mass is 16.1. The highest BCUT2D eigenvalue weighted by Gasteiger charge is 2.10. The zero-order chi connectivity index (χ0) is 16.8. The first-order valence-electron chi connectivity index (χ1n) is 8.90. The van der Waals surface area contributed by atoms with Gasteiger partial charge in [-0.2, -0.15) is 0 Å². The van der Waals surface area contributed by atoms with Gasteiger partial charge >= 0.3 is 0 Å². The van der Waals surface area contributed by atoms with E-state index < -0.39 is 0 Å². The molecule has 0 aromatic heterocycles. The van der Waals surface area contributed by atoms with Gasteiger partial charge in [-0.05, 0) is 68.2 Å². The first-order chi connectivity index (χ1) is 11.7. The largest absolute Gasteiger partial charge is 0.322 e. The first-order valence-corrected chi connectivity index (χ1v) is 8.90. The van der Waals surface area contributed by atoms with E-state index in [4.69, 9.17) is 0 Å². The van der Waals surface area contributed by atoms with E-state index in [1.165, 1.54) is 44.3 Å². The molecule has 1 saturated heterocycles. The van der Waals surface area contributed by atoms with Crippen molar-refractivity contribution in [2.24, 2.45) is 0 Å². The Labute approximate surface area is 144 Å². The lowest BCUT2D eigenvalue weighted by Crippen LogP contribution is -2.24. The van der Waals surface area contributed by atoms with Gasteiger partial charge < -0.3 is 5.32 Å². The fourth-order valence-corrected chi connectivity index (χ4v) is 3.24. The molecule has 2 aromatic rings. The van der Waals surface area contributed by atoms with E-state index >= 15 is 0 Å². The number of hydrogen-bond acceptors (Lipinski definition) is 2. The van der Waals surface area contributed by atoms with E-state index in [0.717, 1.165) is 17.8 Å². The average Bonchev–Trinajstić information content (AvgIpc) is 2.84. The molecule has 3 rings (SSSR count). The third-order valence-electron chi connectivity index (χ3n) is 4.60. The van der Waals surface area contributed by atoms with E-state index in [9.17, 15) is 4.79 Å². The van der Waals surface area contributed by atoms with Crippen LogP contribution in [0.25, 0.3) is 0 Å². The van der Waals surface area contributed by atoms with Crippen molar-refractivity contribution in [2.45, 2.75) is 39.2 Å². The lowest BCUT2D eigenvalue weighted by atomic mass is 10.1. The summed E-state index contributed by atoms with van der Waals surface area (Å²) in [6.45, 7) is 5.39. The van der Waals surface area contributed by atoms with Crippen LogP contribution in [0, 0.1) is 6.92 Å². The van der Waals surface area contributed by atoms with Gasteiger partial charge in [-0.1, -0.05) is 37.1 Å². The summed E-state index contributed by atoms with van der Waals surface area (Å²) in [5.41, 5.74) is 3.97. The monoisotopic (exact) mass is 322 g/mol. The maximum atomic E-state index is 12.4. The van der Waals surface area contributed by atoms with Crippen molar-refractivity contribution in [3.63, 3.8) is 0 Å². The molecule has 2 aromatic carbocycles. The van der Waals surface area contributed by atoms with Gasteiger partial charge in [0.1, 0.15) is 0 Å². The number of aryl methyl sites for hydroxylation is 1. The van der Waals surface area contributed by atoms with Gasteiger partial charge in [0.25, 0.3) is 5.91 Å². The molecule has 3 heteroatoms. The maximum absolute atomic E-state index is 12.4. The van der Waals surface area contributed by atoms with Crippen LogP contribution in [0.2, 0.25) is 0 Å². The van der Waals surface area contributed by atoms with Crippen molar-refractivity contribution in [3.05, 3.63) is 65.2 Å². The second-order valence-electron chi connectivity index (χ2n) is 6.71. The molecule has 0 atom stereocenters. The molecule has 0 aliphatic carbocycles. The fraction of sp³-hybridized carbons (Fsp3) is 0.381. The van der Waals surface area contributed by atoms with Crippen LogP contribution < -0.4 is 5.32 Å². The molecule has 1 N–H and O–H groups in total. The minimum atomic E-state index is -0.0538. The highest BCUT2D eigenvalue weighted by Crippen LogP contribution is 2.15. The molecule has 1 amide bonds. The second kappa shape index (κ2) is 8.11. The van der Waals surface area contributed by atoms with E-state index in [1.54, 1.807) is 0 Å². The van der Waals surface area contributed by atoms with Crippen molar-refractivity contribution < 1.29 is 4.79 Å². The van der Waals surface area contributed by atoms with Crippen LogP contribution in [-0.4, -0.2) is 23.9 Å². The quantitative estimate of drug-likeness (QED) is 0.890. The molecule has 1 aliphatic heterocycles. The molecule has 0 spiro atoms. The van der Waals surface area contributed by atoms with Crippen LogP contribution in [0.1, 0.15) is 47.2 Å². The Kier molecular flexibility index (Phi) is 5.65. The number of anilines is 1. The Hall–Kier alpha value is -2.13. The molecule has 1 heterocycles. The summed E-state index contributed by atoms with van der Waals surface area (Å²) in [6.07, 6.45) is 5.32. The molecule has 1 fully saturated rings. The number of carbonyl (C=O) groups excluding carboxylic acids is 1. The Morgan fingerprint density at radius 1 is 1.00 bits per heavy atom. The van der Waals surface area contributed by atoms with Crippen molar-refractivity contribution in [1.29, 1.82) is 0 Å². The number of rotatable bonds is 4. The Morgan fingerprint density at radius 2 is 1.71 bits per heavy atom. The van der Waals surface area contributed by atoms with Gasteiger partial charge in [-0.15, -0.1) is 0 Å². The number of nitrogens with zero attached hydrogens (tertiary/aromatic N) is 1. The van der Waals surface area contributed by atoms with Crippen molar-refractivity contribution in [3.8, 4) is 0 Å². The zero-order valence-corrected chi connectivity index (χ0v) is 14.4.